The number of amides is 1. The topological polar surface area (TPSA) is 45.2 Å². The van der Waals surface area contributed by atoms with Gasteiger partial charge in [-0.05, 0) is 49.2 Å². The van der Waals surface area contributed by atoms with E-state index in [-0.39, 0.29) is 11.3 Å². The third-order valence-corrected chi connectivity index (χ3v) is 6.12. The van der Waals surface area contributed by atoms with E-state index in [2.05, 4.69) is 28.3 Å². The summed E-state index contributed by atoms with van der Waals surface area (Å²) in [6.45, 7) is 2.66. The predicted molar refractivity (Wildman–Crippen MR) is 99.2 cm³/mol. The highest BCUT2D eigenvalue weighted by Crippen LogP contribution is 2.62. The lowest BCUT2D eigenvalue weighted by Crippen LogP contribution is -2.39. The van der Waals surface area contributed by atoms with Crippen LogP contribution in [-0.2, 0) is 5.41 Å². The lowest BCUT2D eigenvalue weighted by Gasteiger charge is -2.24. The number of likely N-dealkylation sites (tertiary alicyclic amines) is 1. The Morgan fingerprint density at radius 3 is 2.68 bits per heavy atom. The highest BCUT2D eigenvalue weighted by atomic mass is 35.5. The number of nitrogens with zero attached hydrogens (tertiary/aromatic N) is 2. The second-order valence-corrected chi connectivity index (χ2v) is 7.84. The normalized spacial score (nSPS) is 27.8. The maximum Gasteiger partial charge on any atom is 0.252 e. The molecule has 2 unspecified atom stereocenters. The fraction of sp³-hybridized carbons (Fsp3) is 0.368. The number of benzene rings is 1. The quantitative estimate of drug-likeness (QED) is 0.891. The number of nitrogens with one attached hydrogen (secondary N) is 1. The monoisotopic (exact) mass is 375 g/mol. The van der Waals surface area contributed by atoms with E-state index >= 15 is 0 Å². The molecule has 0 spiro atoms. The van der Waals surface area contributed by atoms with Crippen molar-refractivity contribution in [3.63, 3.8) is 0 Å². The molecule has 1 aliphatic carbocycles. The molecule has 2 heterocycles. The number of carbonyl (C=O) groups is 1. The van der Waals surface area contributed by atoms with Crippen LogP contribution in [0.5, 0.6) is 0 Å². The Morgan fingerprint density at radius 1 is 1.28 bits per heavy atom. The largest absolute Gasteiger partial charge is 0.351 e. The maximum atomic E-state index is 12.6. The van der Waals surface area contributed by atoms with Crippen LogP contribution in [0.2, 0.25) is 10.0 Å². The zero-order valence-corrected chi connectivity index (χ0v) is 15.4. The van der Waals surface area contributed by atoms with Crippen molar-refractivity contribution >= 4 is 29.1 Å². The Bertz CT molecular complexity index is 800. The lowest BCUT2D eigenvalue weighted by molar-refractivity contribution is 0.0946. The maximum absolute atomic E-state index is 12.6. The molecule has 0 radical (unpaired) electrons. The zero-order valence-electron chi connectivity index (χ0n) is 13.9. The first-order valence-corrected chi connectivity index (χ1v) is 9.11. The zero-order chi connectivity index (χ0) is 17.6. The second-order valence-electron chi connectivity index (χ2n) is 7.00. The molecular formula is C19H19Cl2N3O. The number of pyridine rings is 1. The van der Waals surface area contributed by atoms with Gasteiger partial charge in [0.2, 0.25) is 0 Å². The van der Waals surface area contributed by atoms with Gasteiger partial charge in [-0.25, -0.2) is 0 Å². The van der Waals surface area contributed by atoms with E-state index in [1.165, 1.54) is 0 Å². The van der Waals surface area contributed by atoms with Gasteiger partial charge in [-0.3, -0.25) is 9.78 Å². The molecule has 1 saturated carbocycles. The molecule has 6 heteroatoms. The van der Waals surface area contributed by atoms with E-state index in [9.17, 15) is 4.79 Å². The molecule has 1 amide bonds. The van der Waals surface area contributed by atoms with Crippen LogP contribution in [0.15, 0.2) is 42.6 Å². The second kappa shape index (κ2) is 6.27. The number of fused-ring (bicyclic) bond motifs is 1. The third-order valence-electron chi connectivity index (χ3n) is 5.58. The van der Waals surface area contributed by atoms with Crippen LogP contribution in [0.1, 0.15) is 16.1 Å². The average molecular weight is 376 g/mol. The van der Waals surface area contributed by atoms with E-state index in [0.29, 0.717) is 34.0 Å². The number of carbonyl (C=O) groups excluding carboxylic acids is 1. The Hall–Kier alpha value is -1.62. The average Bonchev–Trinajstić information content (AvgIpc) is 2.98. The summed E-state index contributed by atoms with van der Waals surface area (Å²) in [6, 6.07) is 10.9. The highest BCUT2D eigenvalue weighted by molar-refractivity contribution is 6.36. The summed E-state index contributed by atoms with van der Waals surface area (Å²) in [7, 11) is 2.14. The minimum absolute atomic E-state index is 0.0671. The van der Waals surface area contributed by atoms with Gasteiger partial charge in [0.15, 0.2) is 0 Å². The summed E-state index contributed by atoms with van der Waals surface area (Å²) >= 11 is 12.1. The van der Waals surface area contributed by atoms with Crippen LogP contribution >= 0.6 is 23.2 Å². The first-order chi connectivity index (χ1) is 12.0. The Kier molecular flexibility index (Phi) is 4.22. The molecular weight excluding hydrogens is 357 g/mol. The van der Waals surface area contributed by atoms with Crippen molar-refractivity contribution in [3.05, 3.63) is 63.9 Å². The van der Waals surface area contributed by atoms with Crippen LogP contribution in [0.25, 0.3) is 0 Å². The van der Waals surface area contributed by atoms with Crippen molar-refractivity contribution in [2.24, 2.45) is 11.8 Å². The lowest BCUT2D eigenvalue weighted by atomic mass is 9.94. The van der Waals surface area contributed by atoms with Gasteiger partial charge in [0.1, 0.15) is 0 Å². The van der Waals surface area contributed by atoms with E-state index in [0.717, 1.165) is 18.8 Å². The molecule has 25 heavy (non-hydrogen) atoms. The van der Waals surface area contributed by atoms with Gasteiger partial charge in [0.25, 0.3) is 5.91 Å². The summed E-state index contributed by atoms with van der Waals surface area (Å²) in [6.07, 6.45) is 1.83. The molecule has 0 bridgehead atoms. The van der Waals surface area contributed by atoms with Crippen LogP contribution in [0.4, 0.5) is 0 Å². The molecule has 1 N–H and O–H groups in total. The van der Waals surface area contributed by atoms with Crippen molar-refractivity contribution < 1.29 is 4.79 Å². The standard InChI is InChI=1S/C19H19Cl2N3O/c1-24-9-14-15(10-24)19(14,17-4-2-3-7-22-17)11-23-18(25)13-6-5-12(20)8-16(13)21/h2-8,14-15H,9-11H2,1H3,(H,23,25). The number of halogens is 2. The Labute approximate surface area is 157 Å². The smallest absolute Gasteiger partial charge is 0.252 e. The molecule has 1 saturated heterocycles. The summed E-state index contributed by atoms with van der Waals surface area (Å²) in [5.74, 6) is 0.900. The molecule has 4 rings (SSSR count). The van der Waals surface area contributed by atoms with Gasteiger partial charge in [0.05, 0.1) is 10.6 Å². The van der Waals surface area contributed by atoms with Crippen LogP contribution in [-0.4, -0.2) is 42.5 Å². The first-order valence-electron chi connectivity index (χ1n) is 8.35. The molecule has 2 fully saturated rings. The van der Waals surface area contributed by atoms with E-state index in [4.69, 9.17) is 23.2 Å². The molecule has 1 aromatic carbocycles. The fourth-order valence-electron chi connectivity index (χ4n) is 4.30. The van der Waals surface area contributed by atoms with Crippen LogP contribution < -0.4 is 5.32 Å². The van der Waals surface area contributed by atoms with E-state index in [1.54, 1.807) is 18.2 Å². The number of hydrogen-bond acceptors (Lipinski definition) is 3. The minimum Gasteiger partial charge on any atom is -0.351 e. The molecule has 2 atom stereocenters. The summed E-state index contributed by atoms with van der Waals surface area (Å²) in [4.78, 5) is 19.5. The van der Waals surface area contributed by atoms with Gasteiger partial charge >= 0.3 is 0 Å². The SMILES string of the molecule is CN1CC2C(C1)C2(CNC(=O)c1ccc(Cl)cc1Cl)c1ccccn1. The van der Waals surface area contributed by atoms with Crippen molar-refractivity contribution in [1.29, 1.82) is 0 Å². The molecule has 2 aromatic rings. The van der Waals surface area contributed by atoms with Gasteiger partial charge < -0.3 is 10.2 Å². The number of aromatic nitrogens is 1. The van der Waals surface area contributed by atoms with Crippen molar-refractivity contribution in [1.82, 2.24) is 15.2 Å². The minimum atomic E-state index is -0.171. The van der Waals surface area contributed by atoms with Crippen LogP contribution in [0, 0.1) is 11.8 Å². The summed E-state index contributed by atoms with van der Waals surface area (Å²) in [5.41, 5.74) is 1.45. The van der Waals surface area contributed by atoms with Crippen molar-refractivity contribution in [3.8, 4) is 0 Å². The molecule has 2 aliphatic rings. The predicted octanol–water partition coefficient (Wildman–Crippen LogP) is 3.25. The number of hydrogen-bond donors (Lipinski definition) is 1. The van der Waals surface area contributed by atoms with Gasteiger partial charge in [0, 0.05) is 42.0 Å². The summed E-state index contributed by atoms with van der Waals surface area (Å²) in [5, 5.41) is 3.97. The van der Waals surface area contributed by atoms with Crippen molar-refractivity contribution in [2.45, 2.75) is 5.41 Å². The van der Waals surface area contributed by atoms with E-state index < -0.39 is 0 Å². The number of rotatable bonds is 4. The highest BCUT2D eigenvalue weighted by Gasteiger charge is 2.68. The first kappa shape index (κ1) is 16.8. The van der Waals surface area contributed by atoms with E-state index in [1.807, 2.05) is 18.3 Å². The molecule has 4 nitrogen and oxygen atoms in total. The third kappa shape index (κ3) is 2.82. The van der Waals surface area contributed by atoms with Gasteiger partial charge in [-0.15, -0.1) is 0 Å². The Balaban J connectivity index is 1.54. The van der Waals surface area contributed by atoms with Crippen LogP contribution in [0.3, 0.4) is 0 Å². The van der Waals surface area contributed by atoms with Gasteiger partial charge in [-0.2, -0.15) is 0 Å². The Morgan fingerprint density at radius 2 is 2.04 bits per heavy atom. The van der Waals surface area contributed by atoms with Crippen molar-refractivity contribution in [2.75, 3.05) is 26.7 Å². The molecule has 1 aliphatic heterocycles. The number of piperidine rings is 1. The molecule has 130 valence electrons. The van der Waals surface area contributed by atoms with Gasteiger partial charge in [-0.1, -0.05) is 29.3 Å². The fourth-order valence-corrected chi connectivity index (χ4v) is 4.79. The molecule has 1 aromatic heterocycles. The summed E-state index contributed by atoms with van der Waals surface area (Å²) < 4.78 is 0.